The van der Waals surface area contributed by atoms with Crippen molar-refractivity contribution in [3.63, 3.8) is 0 Å². The van der Waals surface area contributed by atoms with Crippen molar-refractivity contribution in [1.29, 1.82) is 0 Å². The van der Waals surface area contributed by atoms with Crippen LogP contribution in [0.15, 0.2) is 57.0 Å². The molecule has 1 saturated heterocycles. The van der Waals surface area contributed by atoms with E-state index in [2.05, 4.69) is 15.0 Å². The number of anilines is 1. The molecule has 2 atom stereocenters. The van der Waals surface area contributed by atoms with Crippen LogP contribution in [0.25, 0.3) is 11.1 Å². The molecular weight excluding hydrogens is 466 g/mol. The number of ether oxygens (including phenoxy) is 2. The number of aromatic nitrogens is 1. The smallest absolute Gasteiger partial charge is 0.262 e. The Morgan fingerprint density at radius 1 is 1.30 bits per heavy atom. The number of para-hydroxylation sites is 2. The Morgan fingerprint density at radius 3 is 2.88 bits per heavy atom. The van der Waals surface area contributed by atoms with Crippen molar-refractivity contribution in [3.8, 4) is 5.75 Å². The van der Waals surface area contributed by atoms with Gasteiger partial charge in [-0.05, 0) is 50.1 Å². The number of carbonyl (C=O) groups is 1. The second-order valence-corrected chi connectivity index (χ2v) is 10.5. The molecule has 0 radical (unpaired) electrons. The molecule has 1 aliphatic rings. The van der Waals surface area contributed by atoms with Crippen LogP contribution in [0, 0.1) is 0 Å². The monoisotopic (exact) mass is 491 g/mol. The normalized spacial score (nSPS) is 17.1. The first kappa shape index (κ1) is 23.4. The van der Waals surface area contributed by atoms with Crippen LogP contribution in [-0.4, -0.2) is 50.9 Å². The zero-order chi connectivity index (χ0) is 23.4. The highest BCUT2D eigenvalue weighted by atomic mass is 32.2. The average molecular weight is 492 g/mol. The van der Waals surface area contributed by atoms with E-state index in [0.717, 1.165) is 19.4 Å². The Balaban J connectivity index is 1.44. The van der Waals surface area contributed by atoms with E-state index in [4.69, 9.17) is 13.9 Å². The predicted octanol–water partition coefficient (Wildman–Crippen LogP) is 3.41. The quantitative estimate of drug-likeness (QED) is 0.437. The van der Waals surface area contributed by atoms with Crippen molar-refractivity contribution in [3.05, 3.63) is 42.5 Å². The number of hydrogen-bond donors (Lipinski definition) is 2. The number of rotatable bonds is 9. The second-order valence-electron chi connectivity index (χ2n) is 7.56. The first-order valence-corrected chi connectivity index (χ1v) is 12.8. The molecule has 2 heterocycles. The molecule has 11 heteroatoms. The number of thioether (sulfide) groups is 1. The molecule has 176 valence electrons. The number of amides is 1. The molecule has 1 amide bonds. The lowest BCUT2D eigenvalue weighted by molar-refractivity contribution is -0.120. The minimum Gasteiger partial charge on any atom is -0.495 e. The second kappa shape index (κ2) is 10.0. The van der Waals surface area contributed by atoms with E-state index in [0.29, 0.717) is 29.1 Å². The maximum atomic E-state index is 12.9. The summed E-state index contributed by atoms with van der Waals surface area (Å²) in [6.07, 6.45) is 2.03. The summed E-state index contributed by atoms with van der Waals surface area (Å²) in [5.74, 6) is 0.274. The Labute approximate surface area is 196 Å². The van der Waals surface area contributed by atoms with Crippen LogP contribution >= 0.6 is 11.8 Å². The fourth-order valence-corrected chi connectivity index (χ4v) is 5.28. The third-order valence-corrected chi connectivity index (χ3v) is 7.48. The van der Waals surface area contributed by atoms with E-state index in [1.165, 1.54) is 31.0 Å². The van der Waals surface area contributed by atoms with E-state index in [9.17, 15) is 13.2 Å². The van der Waals surface area contributed by atoms with Gasteiger partial charge in [0, 0.05) is 13.2 Å². The lowest BCUT2D eigenvalue weighted by Gasteiger charge is -2.13. The predicted molar refractivity (Wildman–Crippen MR) is 125 cm³/mol. The van der Waals surface area contributed by atoms with Gasteiger partial charge in [-0.1, -0.05) is 23.9 Å². The Kier molecular flexibility index (Phi) is 7.11. The summed E-state index contributed by atoms with van der Waals surface area (Å²) in [7, 11) is -2.40. The molecule has 1 aliphatic heterocycles. The Bertz CT molecular complexity index is 1240. The molecule has 4 rings (SSSR count). The third kappa shape index (κ3) is 5.60. The number of benzene rings is 2. The summed E-state index contributed by atoms with van der Waals surface area (Å²) >= 11 is 1.17. The molecule has 9 nitrogen and oxygen atoms in total. The van der Waals surface area contributed by atoms with E-state index in [-0.39, 0.29) is 22.1 Å². The van der Waals surface area contributed by atoms with Crippen molar-refractivity contribution in [2.75, 3.05) is 25.0 Å². The number of nitrogens with zero attached hydrogens (tertiary/aromatic N) is 1. The molecule has 1 aromatic heterocycles. The topological polar surface area (TPSA) is 120 Å². The highest BCUT2D eigenvalue weighted by Gasteiger charge is 2.22. The van der Waals surface area contributed by atoms with Gasteiger partial charge in [-0.3, -0.25) is 9.52 Å². The third-order valence-electron chi connectivity index (χ3n) is 5.18. The van der Waals surface area contributed by atoms with Crippen LogP contribution in [0.3, 0.4) is 0 Å². The van der Waals surface area contributed by atoms with Crippen LogP contribution in [0.4, 0.5) is 5.69 Å². The lowest BCUT2D eigenvalue weighted by Crippen LogP contribution is -2.36. The van der Waals surface area contributed by atoms with Gasteiger partial charge in [-0.2, -0.15) is 0 Å². The Hall–Kier alpha value is -2.76. The summed E-state index contributed by atoms with van der Waals surface area (Å²) in [5, 5.41) is 2.74. The van der Waals surface area contributed by atoms with Crippen LogP contribution < -0.4 is 14.8 Å². The van der Waals surface area contributed by atoms with E-state index >= 15 is 0 Å². The van der Waals surface area contributed by atoms with Gasteiger partial charge in [0.1, 0.15) is 11.3 Å². The van der Waals surface area contributed by atoms with E-state index in [1.54, 1.807) is 37.3 Å². The van der Waals surface area contributed by atoms with Crippen LogP contribution in [0.1, 0.15) is 19.8 Å². The summed E-state index contributed by atoms with van der Waals surface area (Å²) in [6.45, 7) is 2.98. The number of sulfonamides is 1. The Morgan fingerprint density at radius 2 is 2.12 bits per heavy atom. The molecule has 0 aliphatic carbocycles. The van der Waals surface area contributed by atoms with E-state index in [1.807, 2.05) is 0 Å². The molecule has 33 heavy (non-hydrogen) atoms. The molecule has 0 bridgehead atoms. The zero-order valence-electron chi connectivity index (χ0n) is 18.2. The molecule has 3 aromatic rings. The van der Waals surface area contributed by atoms with Gasteiger partial charge in [0.25, 0.3) is 15.2 Å². The van der Waals surface area contributed by atoms with E-state index < -0.39 is 15.3 Å². The van der Waals surface area contributed by atoms with Crippen molar-refractivity contribution >= 4 is 44.5 Å². The van der Waals surface area contributed by atoms with Gasteiger partial charge in [0.2, 0.25) is 5.91 Å². The summed E-state index contributed by atoms with van der Waals surface area (Å²) in [4.78, 5) is 16.8. The van der Waals surface area contributed by atoms with Crippen molar-refractivity contribution in [2.24, 2.45) is 0 Å². The van der Waals surface area contributed by atoms with Crippen molar-refractivity contribution in [2.45, 2.75) is 41.2 Å². The number of oxazole rings is 1. The highest BCUT2D eigenvalue weighted by Crippen LogP contribution is 2.30. The average Bonchev–Trinajstić information content (AvgIpc) is 3.46. The molecule has 0 saturated carbocycles. The maximum Gasteiger partial charge on any atom is 0.262 e. The summed E-state index contributed by atoms with van der Waals surface area (Å²) in [5.41, 5.74) is 1.15. The molecule has 0 spiro atoms. The van der Waals surface area contributed by atoms with Crippen LogP contribution in [0.5, 0.6) is 5.75 Å². The fraction of sp³-hybridized carbons (Fsp3) is 0.364. The largest absolute Gasteiger partial charge is 0.495 e. The van der Waals surface area contributed by atoms with Crippen molar-refractivity contribution in [1.82, 2.24) is 10.3 Å². The first-order valence-electron chi connectivity index (χ1n) is 10.5. The van der Waals surface area contributed by atoms with Crippen molar-refractivity contribution < 1.29 is 27.1 Å². The highest BCUT2D eigenvalue weighted by molar-refractivity contribution is 8.00. The van der Waals surface area contributed by atoms with Gasteiger partial charge < -0.3 is 19.2 Å². The van der Waals surface area contributed by atoms with Gasteiger partial charge >= 0.3 is 0 Å². The standard InChI is InChI=1S/C22H25N3O6S2/c1-14(21(26)23-13-15-6-5-11-30-15)32-22-24-18-12-16(9-10-20(18)31-22)33(27,28)25-17-7-3-4-8-19(17)29-2/h3-4,7-10,12,14-15,25H,5-6,11,13H2,1-2H3,(H,23,26)/t14-,15+/m1/s1. The van der Waals surface area contributed by atoms with Crippen LogP contribution in [-0.2, 0) is 19.6 Å². The molecule has 2 N–H and O–H groups in total. The molecular formula is C22H25N3O6S2. The number of fused-ring (bicyclic) bond motifs is 1. The molecule has 1 fully saturated rings. The first-order chi connectivity index (χ1) is 15.9. The number of methoxy groups -OCH3 is 1. The zero-order valence-corrected chi connectivity index (χ0v) is 19.9. The number of hydrogen-bond acceptors (Lipinski definition) is 8. The van der Waals surface area contributed by atoms with Gasteiger partial charge in [-0.25, -0.2) is 13.4 Å². The SMILES string of the molecule is COc1ccccc1NS(=O)(=O)c1ccc2oc(S[C@H](C)C(=O)NC[C@@H]3CCCO3)nc2c1. The molecule has 2 aromatic carbocycles. The van der Waals surface area contributed by atoms with Crippen LogP contribution in [0.2, 0.25) is 0 Å². The molecule has 0 unspecified atom stereocenters. The lowest BCUT2D eigenvalue weighted by atomic mass is 10.2. The minimum atomic E-state index is -3.87. The van der Waals surface area contributed by atoms with Gasteiger partial charge in [0.05, 0.1) is 29.0 Å². The summed E-state index contributed by atoms with van der Waals surface area (Å²) < 4.78 is 44.7. The summed E-state index contributed by atoms with van der Waals surface area (Å²) in [6, 6.07) is 11.2. The maximum absolute atomic E-state index is 12.9. The fourth-order valence-electron chi connectivity index (χ4n) is 3.40. The number of carbonyl (C=O) groups excluding carboxylic acids is 1. The van der Waals surface area contributed by atoms with Gasteiger partial charge in [0.15, 0.2) is 5.58 Å². The number of nitrogens with one attached hydrogen (secondary N) is 2. The van der Waals surface area contributed by atoms with Gasteiger partial charge in [-0.15, -0.1) is 0 Å². The minimum absolute atomic E-state index is 0.0353.